The second-order valence-electron chi connectivity index (χ2n) is 6.84. The van der Waals surface area contributed by atoms with E-state index in [9.17, 15) is 13.2 Å². The summed E-state index contributed by atoms with van der Waals surface area (Å²) >= 11 is 0. The molecule has 0 spiro atoms. The Labute approximate surface area is 162 Å². The molecule has 0 bridgehead atoms. The minimum Gasteiger partial charge on any atom is -0.379 e. The van der Waals surface area contributed by atoms with Crippen LogP contribution in [0.1, 0.15) is 49.5 Å². The number of carbonyl (C=O) groups is 1. The predicted molar refractivity (Wildman–Crippen MR) is 105 cm³/mol. The van der Waals surface area contributed by atoms with E-state index in [1.807, 2.05) is 20.8 Å². The summed E-state index contributed by atoms with van der Waals surface area (Å²) in [5.41, 5.74) is 6.42. The minimum absolute atomic E-state index is 0.200. The van der Waals surface area contributed by atoms with Crippen LogP contribution in [-0.4, -0.2) is 57.0 Å². The lowest BCUT2D eigenvalue weighted by Gasteiger charge is -2.31. The predicted octanol–water partition coefficient (Wildman–Crippen LogP) is 1.52. The molecule has 0 unspecified atom stereocenters. The zero-order valence-electron chi connectivity index (χ0n) is 16.5. The lowest BCUT2D eigenvalue weighted by Crippen LogP contribution is -2.52. The smallest absolute Gasteiger partial charge is 0.251 e. The summed E-state index contributed by atoms with van der Waals surface area (Å²) in [6.45, 7) is 7.60. The van der Waals surface area contributed by atoms with E-state index in [2.05, 4.69) is 5.32 Å². The van der Waals surface area contributed by atoms with E-state index in [4.69, 9.17) is 10.5 Å². The Bertz CT molecular complexity index is 746. The van der Waals surface area contributed by atoms with Crippen LogP contribution >= 0.6 is 0 Å². The molecule has 27 heavy (non-hydrogen) atoms. The van der Waals surface area contributed by atoms with Gasteiger partial charge in [-0.2, -0.15) is 4.31 Å². The van der Waals surface area contributed by atoms with Crippen molar-refractivity contribution in [3.8, 4) is 0 Å². The van der Waals surface area contributed by atoms with Crippen molar-refractivity contribution in [1.29, 1.82) is 0 Å². The highest BCUT2D eigenvalue weighted by molar-refractivity contribution is 7.89. The van der Waals surface area contributed by atoms with Gasteiger partial charge < -0.3 is 15.8 Å². The topological polar surface area (TPSA) is 102 Å². The third-order valence-electron chi connectivity index (χ3n) is 5.42. The number of ether oxygens (including phenoxy) is 1. The van der Waals surface area contributed by atoms with Crippen molar-refractivity contribution < 1.29 is 17.9 Å². The Morgan fingerprint density at radius 2 is 1.85 bits per heavy atom. The highest BCUT2D eigenvalue weighted by atomic mass is 32.2. The molecule has 1 amide bonds. The fourth-order valence-corrected chi connectivity index (χ4v) is 4.96. The molecule has 0 radical (unpaired) electrons. The van der Waals surface area contributed by atoms with Gasteiger partial charge >= 0.3 is 0 Å². The van der Waals surface area contributed by atoms with E-state index < -0.39 is 15.6 Å². The fraction of sp³-hybridized carbons (Fsp3) is 0.632. The van der Waals surface area contributed by atoms with Gasteiger partial charge in [0.05, 0.1) is 23.6 Å². The Kier molecular flexibility index (Phi) is 7.39. The van der Waals surface area contributed by atoms with Gasteiger partial charge in [0.25, 0.3) is 5.91 Å². The molecule has 152 valence electrons. The zero-order valence-corrected chi connectivity index (χ0v) is 17.3. The van der Waals surface area contributed by atoms with E-state index in [0.717, 1.165) is 0 Å². The maximum atomic E-state index is 13.1. The first kappa shape index (κ1) is 21.8. The van der Waals surface area contributed by atoms with Crippen LogP contribution in [0.4, 0.5) is 0 Å². The summed E-state index contributed by atoms with van der Waals surface area (Å²) in [4.78, 5) is 13.0. The largest absolute Gasteiger partial charge is 0.379 e. The number of nitrogens with one attached hydrogen (secondary N) is 1. The van der Waals surface area contributed by atoms with Gasteiger partial charge in [-0.25, -0.2) is 8.42 Å². The molecule has 0 atom stereocenters. The molecular weight excluding hydrogens is 366 g/mol. The average Bonchev–Trinajstić information content (AvgIpc) is 2.72. The zero-order chi connectivity index (χ0) is 20.1. The minimum atomic E-state index is -3.67. The Balaban J connectivity index is 2.38. The molecule has 1 saturated heterocycles. The maximum Gasteiger partial charge on any atom is 0.251 e. The van der Waals surface area contributed by atoms with Crippen molar-refractivity contribution in [2.75, 3.05) is 32.8 Å². The molecular formula is C19H31N3O4S. The molecule has 8 heteroatoms. The SMILES string of the molecule is CCc1ccc(C(=O)NC(CC)(CC)CN)cc1S(=O)(=O)N1CCOCC1. The van der Waals surface area contributed by atoms with E-state index in [1.54, 1.807) is 12.1 Å². The first-order valence-corrected chi connectivity index (χ1v) is 11.0. The van der Waals surface area contributed by atoms with Crippen LogP contribution in [0.3, 0.4) is 0 Å². The van der Waals surface area contributed by atoms with Crippen molar-refractivity contribution in [2.24, 2.45) is 5.73 Å². The molecule has 1 heterocycles. The van der Waals surface area contributed by atoms with Gasteiger partial charge in [-0.3, -0.25) is 4.79 Å². The van der Waals surface area contributed by atoms with Crippen molar-refractivity contribution in [3.05, 3.63) is 29.3 Å². The number of amides is 1. The quantitative estimate of drug-likeness (QED) is 0.692. The lowest BCUT2D eigenvalue weighted by molar-refractivity contribution is 0.0730. The number of hydrogen-bond acceptors (Lipinski definition) is 5. The number of carbonyl (C=O) groups excluding carboxylic acids is 1. The van der Waals surface area contributed by atoms with Gasteiger partial charge in [0.2, 0.25) is 10.0 Å². The standard InChI is InChI=1S/C19H31N3O4S/c1-4-15-7-8-16(18(23)21-19(5-2,6-3)14-20)13-17(15)27(24,25)22-9-11-26-12-10-22/h7-8,13H,4-6,9-12,14,20H2,1-3H3,(H,21,23). The van der Waals surface area contributed by atoms with Crippen molar-refractivity contribution in [1.82, 2.24) is 9.62 Å². The Hall–Kier alpha value is -1.48. The van der Waals surface area contributed by atoms with Gasteiger partial charge in [0, 0.05) is 25.2 Å². The van der Waals surface area contributed by atoms with Crippen LogP contribution < -0.4 is 11.1 Å². The van der Waals surface area contributed by atoms with Crippen molar-refractivity contribution >= 4 is 15.9 Å². The molecule has 1 aromatic carbocycles. The third-order valence-corrected chi connectivity index (χ3v) is 7.40. The van der Waals surface area contributed by atoms with E-state index in [0.29, 0.717) is 63.2 Å². The number of sulfonamides is 1. The molecule has 7 nitrogen and oxygen atoms in total. The molecule has 1 aliphatic heterocycles. The van der Waals surface area contributed by atoms with E-state index >= 15 is 0 Å². The number of hydrogen-bond donors (Lipinski definition) is 2. The second kappa shape index (κ2) is 9.14. The van der Waals surface area contributed by atoms with Crippen LogP contribution in [0.2, 0.25) is 0 Å². The van der Waals surface area contributed by atoms with Crippen LogP contribution in [-0.2, 0) is 21.2 Å². The Morgan fingerprint density at radius 3 is 2.37 bits per heavy atom. The van der Waals surface area contributed by atoms with Gasteiger partial charge in [0.15, 0.2) is 0 Å². The van der Waals surface area contributed by atoms with Crippen LogP contribution in [0.5, 0.6) is 0 Å². The first-order chi connectivity index (χ1) is 12.8. The van der Waals surface area contributed by atoms with Gasteiger partial charge in [-0.05, 0) is 37.0 Å². The molecule has 0 saturated carbocycles. The number of nitrogens with zero attached hydrogens (tertiary/aromatic N) is 1. The number of benzene rings is 1. The highest BCUT2D eigenvalue weighted by Crippen LogP contribution is 2.24. The molecule has 0 aromatic heterocycles. The number of morpholine rings is 1. The second-order valence-corrected chi connectivity index (χ2v) is 8.74. The third kappa shape index (κ3) is 4.68. The summed E-state index contributed by atoms with van der Waals surface area (Å²) in [5.74, 6) is -0.301. The summed E-state index contributed by atoms with van der Waals surface area (Å²) < 4.78 is 32.9. The summed E-state index contributed by atoms with van der Waals surface area (Å²) in [6, 6.07) is 4.90. The molecule has 1 fully saturated rings. The van der Waals surface area contributed by atoms with E-state index in [-0.39, 0.29) is 10.8 Å². The van der Waals surface area contributed by atoms with Crippen LogP contribution in [0, 0.1) is 0 Å². The normalized spacial score (nSPS) is 16.3. The fourth-order valence-electron chi connectivity index (χ4n) is 3.23. The highest BCUT2D eigenvalue weighted by Gasteiger charge is 2.30. The maximum absolute atomic E-state index is 13.1. The monoisotopic (exact) mass is 397 g/mol. The molecule has 0 aliphatic carbocycles. The lowest BCUT2D eigenvalue weighted by atomic mass is 9.92. The van der Waals surface area contributed by atoms with Gasteiger partial charge in [-0.15, -0.1) is 0 Å². The number of aryl methyl sites for hydroxylation is 1. The van der Waals surface area contributed by atoms with Gasteiger partial charge in [0.1, 0.15) is 0 Å². The number of rotatable bonds is 8. The first-order valence-electron chi connectivity index (χ1n) is 9.57. The summed E-state index contributed by atoms with van der Waals surface area (Å²) in [5, 5.41) is 3.00. The average molecular weight is 398 g/mol. The van der Waals surface area contributed by atoms with Crippen molar-refractivity contribution in [3.63, 3.8) is 0 Å². The summed E-state index contributed by atoms with van der Waals surface area (Å²) in [7, 11) is -3.67. The molecule has 1 aliphatic rings. The number of nitrogens with two attached hydrogens (primary N) is 1. The summed E-state index contributed by atoms with van der Waals surface area (Å²) in [6.07, 6.45) is 1.98. The molecule has 2 rings (SSSR count). The van der Waals surface area contributed by atoms with Crippen LogP contribution in [0.25, 0.3) is 0 Å². The van der Waals surface area contributed by atoms with Gasteiger partial charge in [-0.1, -0.05) is 26.8 Å². The Morgan fingerprint density at radius 1 is 1.22 bits per heavy atom. The van der Waals surface area contributed by atoms with E-state index in [1.165, 1.54) is 10.4 Å². The molecule has 1 aromatic rings. The van der Waals surface area contributed by atoms with Crippen molar-refractivity contribution in [2.45, 2.75) is 50.5 Å². The molecule has 3 N–H and O–H groups in total. The van der Waals surface area contributed by atoms with Crippen LogP contribution in [0.15, 0.2) is 23.1 Å².